The van der Waals surface area contributed by atoms with Crippen molar-refractivity contribution in [1.29, 1.82) is 0 Å². The molecule has 0 aromatic carbocycles. The topological polar surface area (TPSA) is 0 Å². The maximum absolute atomic E-state index is 2.38. The molecule has 1 saturated carbocycles. The van der Waals surface area contributed by atoms with Crippen LogP contribution in [0.5, 0.6) is 0 Å². The monoisotopic (exact) mass is 135 g/mol. The lowest BCUT2D eigenvalue weighted by molar-refractivity contribution is 0.346. The van der Waals surface area contributed by atoms with Crippen molar-refractivity contribution in [3.63, 3.8) is 0 Å². The van der Waals surface area contributed by atoms with Crippen molar-refractivity contribution in [3.05, 3.63) is 18.1 Å². The van der Waals surface area contributed by atoms with Crippen LogP contribution in [0.2, 0.25) is 0 Å². The standard InChI is InChI=1S/C10H15/c1-2-4-6-10-8-7-9(10)5-3-1/h3,5,10H,1-2,4,6-8H2/b5-3-. The summed E-state index contributed by atoms with van der Waals surface area (Å²) in [7, 11) is 0. The molecule has 0 bridgehead atoms. The van der Waals surface area contributed by atoms with E-state index in [0.29, 0.717) is 0 Å². The highest BCUT2D eigenvalue weighted by atomic mass is 14.3. The van der Waals surface area contributed by atoms with E-state index in [9.17, 15) is 0 Å². The Kier molecular flexibility index (Phi) is 1.79. The zero-order valence-electron chi connectivity index (χ0n) is 6.47. The second-order valence-electron chi connectivity index (χ2n) is 3.50. The van der Waals surface area contributed by atoms with Crippen LogP contribution in [0.25, 0.3) is 0 Å². The van der Waals surface area contributed by atoms with Crippen molar-refractivity contribution in [1.82, 2.24) is 0 Å². The minimum atomic E-state index is 0.997. The summed E-state index contributed by atoms with van der Waals surface area (Å²) in [4.78, 5) is 0. The van der Waals surface area contributed by atoms with Gasteiger partial charge >= 0.3 is 0 Å². The van der Waals surface area contributed by atoms with E-state index < -0.39 is 0 Å². The molecule has 2 aliphatic rings. The van der Waals surface area contributed by atoms with E-state index in [1.807, 2.05) is 0 Å². The maximum atomic E-state index is 2.38. The van der Waals surface area contributed by atoms with Gasteiger partial charge in [-0.05, 0) is 38.0 Å². The highest BCUT2D eigenvalue weighted by Crippen LogP contribution is 2.41. The minimum Gasteiger partial charge on any atom is -0.0879 e. The number of rotatable bonds is 0. The smallest absolute Gasteiger partial charge is 0.000365 e. The summed E-state index contributed by atoms with van der Waals surface area (Å²) in [6.07, 6.45) is 13.3. The molecule has 1 unspecified atom stereocenters. The molecule has 0 aliphatic heterocycles. The second-order valence-corrected chi connectivity index (χ2v) is 3.50. The summed E-state index contributed by atoms with van der Waals surface area (Å²) in [6.45, 7) is 0. The van der Waals surface area contributed by atoms with Crippen LogP contribution in [0, 0.1) is 11.8 Å². The molecule has 1 atom stereocenters. The largest absolute Gasteiger partial charge is 0.0879 e. The Hall–Kier alpha value is -0.260. The lowest BCUT2D eigenvalue weighted by atomic mass is 9.70. The average Bonchev–Trinajstić information content (AvgIpc) is 1.89. The fraction of sp³-hybridized carbons (Fsp3) is 0.700. The fourth-order valence-electron chi connectivity index (χ4n) is 1.95. The Labute approximate surface area is 63.3 Å². The van der Waals surface area contributed by atoms with Gasteiger partial charge in [-0.25, -0.2) is 0 Å². The van der Waals surface area contributed by atoms with Crippen molar-refractivity contribution in [2.45, 2.75) is 38.5 Å². The number of fused-ring (bicyclic) bond motifs is 1. The first-order valence-electron chi connectivity index (χ1n) is 4.49. The van der Waals surface area contributed by atoms with E-state index in [1.54, 1.807) is 5.92 Å². The van der Waals surface area contributed by atoms with E-state index in [-0.39, 0.29) is 0 Å². The molecule has 55 valence electrons. The van der Waals surface area contributed by atoms with Gasteiger partial charge in [0.05, 0.1) is 0 Å². The normalized spacial score (nSPS) is 37.0. The molecule has 1 radical (unpaired) electrons. The summed E-state index contributed by atoms with van der Waals surface area (Å²) < 4.78 is 0. The van der Waals surface area contributed by atoms with Crippen LogP contribution in [-0.2, 0) is 0 Å². The lowest BCUT2D eigenvalue weighted by Crippen LogP contribution is -2.22. The molecule has 0 nitrogen and oxygen atoms in total. The van der Waals surface area contributed by atoms with Crippen molar-refractivity contribution in [2.24, 2.45) is 5.92 Å². The van der Waals surface area contributed by atoms with Crippen LogP contribution < -0.4 is 0 Å². The summed E-state index contributed by atoms with van der Waals surface area (Å²) in [5.74, 6) is 2.73. The third-order valence-electron chi connectivity index (χ3n) is 2.81. The summed E-state index contributed by atoms with van der Waals surface area (Å²) >= 11 is 0. The highest BCUT2D eigenvalue weighted by molar-refractivity contribution is 5.20. The third kappa shape index (κ3) is 1.12. The van der Waals surface area contributed by atoms with Gasteiger partial charge in [0.2, 0.25) is 0 Å². The number of hydrogen-bond donors (Lipinski definition) is 0. The average molecular weight is 135 g/mol. The number of allylic oxidation sites excluding steroid dienone is 2. The van der Waals surface area contributed by atoms with E-state index in [0.717, 1.165) is 5.92 Å². The molecular weight excluding hydrogens is 120 g/mol. The van der Waals surface area contributed by atoms with Gasteiger partial charge < -0.3 is 0 Å². The van der Waals surface area contributed by atoms with Crippen molar-refractivity contribution in [2.75, 3.05) is 0 Å². The molecule has 1 fully saturated rings. The fourth-order valence-corrected chi connectivity index (χ4v) is 1.95. The molecule has 0 heterocycles. The van der Waals surface area contributed by atoms with Crippen LogP contribution in [0.15, 0.2) is 12.2 Å². The Morgan fingerprint density at radius 1 is 1.20 bits per heavy atom. The second kappa shape index (κ2) is 2.77. The zero-order valence-corrected chi connectivity index (χ0v) is 6.47. The predicted molar refractivity (Wildman–Crippen MR) is 43.6 cm³/mol. The van der Waals surface area contributed by atoms with Gasteiger partial charge in [0.1, 0.15) is 0 Å². The summed E-state index contributed by atoms with van der Waals surface area (Å²) in [6, 6.07) is 0. The molecule has 0 aromatic heterocycles. The molecular formula is C10H15. The maximum Gasteiger partial charge on any atom is 0.000365 e. The Bertz CT molecular complexity index is 135. The van der Waals surface area contributed by atoms with Crippen LogP contribution in [0.4, 0.5) is 0 Å². The Morgan fingerprint density at radius 3 is 3.00 bits per heavy atom. The summed E-state index contributed by atoms with van der Waals surface area (Å²) in [5, 5.41) is 0. The molecule has 0 aromatic rings. The van der Waals surface area contributed by atoms with E-state index in [1.165, 1.54) is 38.5 Å². The molecule has 2 rings (SSSR count). The zero-order chi connectivity index (χ0) is 6.81. The van der Waals surface area contributed by atoms with E-state index >= 15 is 0 Å². The molecule has 10 heavy (non-hydrogen) atoms. The van der Waals surface area contributed by atoms with Crippen LogP contribution in [0.3, 0.4) is 0 Å². The van der Waals surface area contributed by atoms with Gasteiger partial charge in [-0.2, -0.15) is 0 Å². The van der Waals surface area contributed by atoms with Gasteiger partial charge in [-0.1, -0.05) is 18.6 Å². The highest BCUT2D eigenvalue weighted by Gasteiger charge is 2.28. The van der Waals surface area contributed by atoms with Gasteiger partial charge in [0.15, 0.2) is 0 Å². The summed E-state index contributed by atoms with van der Waals surface area (Å²) in [5.41, 5.74) is 0. The van der Waals surface area contributed by atoms with E-state index in [2.05, 4.69) is 12.2 Å². The van der Waals surface area contributed by atoms with Crippen LogP contribution in [-0.4, -0.2) is 0 Å². The first-order chi connectivity index (χ1) is 4.97. The van der Waals surface area contributed by atoms with E-state index in [4.69, 9.17) is 0 Å². The van der Waals surface area contributed by atoms with Gasteiger partial charge in [0.25, 0.3) is 0 Å². The Morgan fingerprint density at radius 2 is 2.20 bits per heavy atom. The molecule has 0 saturated heterocycles. The molecule has 2 aliphatic carbocycles. The molecule has 0 N–H and O–H groups in total. The molecule has 0 spiro atoms. The molecule has 0 heteroatoms. The quantitative estimate of drug-likeness (QED) is 0.479. The Balaban J connectivity index is 1.96. The van der Waals surface area contributed by atoms with Gasteiger partial charge in [-0.15, -0.1) is 0 Å². The van der Waals surface area contributed by atoms with Crippen molar-refractivity contribution < 1.29 is 0 Å². The van der Waals surface area contributed by atoms with Crippen molar-refractivity contribution in [3.8, 4) is 0 Å². The first-order valence-corrected chi connectivity index (χ1v) is 4.49. The van der Waals surface area contributed by atoms with Crippen LogP contribution in [0.1, 0.15) is 38.5 Å². The SMILES string of the molecule is C1=C\[C]2CCC2CCCC/1. The third-order valence-corrected chi connectivity index (χ3v) is 2.81. The van der Waals surface area contributed by atoms with Gasteiger partial charge in [0, 0.05) is 5.92 Å². The van der Waals surface area contributed by atoms with Crippen LogP contribution >= 0.6 is 0 Å². The van der Waals surface area contributed by atoms with Gasteiger partial charge in [-0.3, -0.25) is 0 Å². The number of hydrogen-bond acceptors (Lipinski definition) is 0. The van der Waals surface area contributed by atoms with Crippen molar-refractivity contribution >= 4 is 0 Å². The molecule has 0 amide bonds. The lowest BCUT2D eigenvalue weighted by Gasteiger charge is -2.35. The first kappa shape index (κ1) is 6.45. The minimum absolute atomic E-state index is 0.997. The predicted octanol–water partition coefficient (Wildman–Crippen LogP) is 3.10.